The highest BCUT2D eigenvalue weighted by atomic mass is 32.2. The molecule has 0 aliphatic rings. The van der Waals surface area contributed by atoms with E-state index < -0.39 is 11.3 Å². The van der Waals surface area contributed by atoms with E-state index in [0.717, 1.165) is 5.39 Å². The molecule has 1 aromatic carbocycles. The first-order valence-corrected chi connectivity index (χ1v) is 5.50. The Bertz CT molecular complexity index is 552. The van der Waals surface area contributed by atoms with Crippen LogP contribution >= 0.6 is 0 Å². The number of rotatable bonds is 3. The molecule has 6 nitrogen and oxygen atoms in total. The molecule has 2 rings (SSSR count). The highest BCUT2D eigenvalue weighted by Gasteiger charge is 2.14. The van der Waals surface area contributed by atoms with Crippen molar-refractivity contribution in [2.75, 3.05) is 11.8 Å². The van der Waals surface area contributed by atoms with Crippen molar-refractivity contribution < 1.29 is 18.0 Å². The minimum absolute atomic E-state index is 0.258. The van der Waals surface area contributed by atoms with Crippen molar-refractivity contribution in [3.8, 4) is 5.75 Å². The van der Waals surface area contributed by atoms with E-state index in [2.05, 4.69) is 9.88 Å². The van der Waals surface area contributed by atoms with Gasteiger partial charge in [0.1, 0.15) is 11.4 Å². The lowest BCUT2D eigenvalue weighted by atomic mass is 10.2. The van der Waals surface area contributed by atoms with Gasteiger partial charge in [0.25, 0.3) is 0 Å². The molecule has 0 saturated heterocycles. The van der Waals surface area contributed by atoms with Gasteiger partial charge in [-0.2, -0.15) is 0 Å². The number of nitrogens with one attached hydrogen (secondary N) is 1. The minimum Gasteiger partial charge on any atom is -0.755 e. The van der Waals surface area contributed by atoms with Crippen molar-refractivity contribution in [3.05, 3.63) is 17.8 Å². The number of hydrogen-bond donors (Lipinski definition) is 1. The molecule has 7 heteroatoms. The highest BCUT2D eigenvalue weighted by Crippen LogP contribution is 2.34. The summed E-state index contributed by atoms with van der Waals surface area (Å²) in [6.45, 7) is 1.77. The monoisotopic (exact) mass is 241 g/mol. The molecule has 0 saturated carbocycles. The normalized spacial score (nSPS) is 12.7. The molecule has 0 fully saturated rings. The molecule has 1 atom stereocenters. The topological polar surface area (TPSA) is 87.4 Å². The van der Waals surface area contributed by atoms with Gasteiger partial charge >= 0.3 is 0 Å². The Morgan fingerprint density at radius 1 is 1.56 bits per heavy atom. The van der Waals surface area contributed by atoms with Gasteiger partial charge in [0.05, 0.1) is 12.8 Å². The van der Waals surface area contributed by atoms with Crippen LogP contribution in [0.5, 0.6) is 5.75 Å². The fourth-order valence-electron chi connectivity index (χ4n) is 1.46. The second-order valence-corrected chi connectivity index (χ2v) is 3.80. The van der Waals surface area contributed by atoms with Crippen LogP contribution in [0.15, 0.2) is 16.7 Å². The van der Waals surface area contributed by atoms with Gasteiger partial charge in [0.2, 0.25) is 0 Å². The number of fused-ring (bicyclic) bond motifs is 1. The predicted octanol–water partition coefficient (Wildman–Crippen LogP) is 1.35. The van der Waals surface area contributed by atoms with Gasteiger partial charge in [-0.25, -0.2) is 0 Å². The lowest BCUT2D eigenvalue weighted by Gasteiger charge is -2.12. The summed E-state index contributed by atoms with van der Waals surface area (Å²) >= 11 is -2.44. The quantitative estimate of drug-likeness (QED) is 0.819. The standard InChI is InChI=1S/C9H10N2O4S/c1-5-6-3-4-7(14-2)8(11-16(12)13)9(6)15-10-5/h3-4,11H,1-2H3,(H,12,13)/p-1. The van der Waals surface area contributed by atoms with Crippen molar-refractivity contribution in [1.82, 2.24) is 5.16 Å². The van der Waals surface area contributed by atoms with Gasteiger partial charge in [0, 0.05) is 16.7 Å². The Labute approximate surface area is 94.0 Å². The number of methoxy groups -OCH3 is 1. The van der Waals surface area contributed by atoms with Crippen molar-refractivity contribution in [2.45, 2.75) is 6.92 Å². The highest BCUT2D eigenvalue weighted by molar-refractivity contribution is 7.80. The molecule has 16 heavy (non-hydrogen) atoms. The van der Waals surface area contributed by atoms with Crippen molar-refractivity contribution >= 4 is 27.9 Å². The number of anilines is 1. The molecule has 1 N–H and O–H groups in total. The lowest BCUT2D eigenvalue weighted by Crippen LogP contribution is -2.04. The maximum absolute atomic E-state index is 10.7. The summed E-state index contributed by atoms with van der Waals surface area (Å²) in [6.07, 6.45) is 0. The van der Waals surface area contributed by atoms with E-state index in [4.69, 9.17) is 9.26 Å². The predicted molar refractivity (Wildman–Crippen MR) is 57.8 cm³/mol. The first kappa shape index (κ1) is 10.9. The lowest BCUT2D eigenvalue weighted by molar-refractivity contribution is 0.414. The molecule has 2 aromatic rings. The van der Waals surface area contributed by atoms with Crippen LogP contribution in [0, 0.1) is 6.92 Å². The fourth-order valence-corrected chi connectivity index (χ4v) is 1.82. The van der Waals surface area contributed by atoms with E-state index in [-0.39, 0.29) is 5.69 Å². The summed E-state index contributed by atoms with van der Waals surface area (Å²) in [7, 11) is 1.45. The van der Waals surface area contributed by atoms with Crippen molar-refractivity contribution in [2.24, 2.45) is 0 Å². The van der Waals surface area contributed by atoms with Gasteiger partial charge in [-0.15, -0.1) is 0 Å². The number of aromatic nitrogens is 1. The maximum Gasteiger partial charge on any atom is 0.194 e. The number of benzene rings is 1. The first-order chi connectivity index (χ1) is 7.63. The van der Waals surface area contributed by atoms with Crippen LogP contribution in [0.1, 0.15) is 5.69 Å². The number of hydrogen-bond acceptors (Lipinski definition) is 5. The summed E-state index contributed by atoms with van der Waals surface area (Å²) in [6, 6.07) is 3.42. The van der Waals surface area contributed by atoms with Crippen LogP contribution in [0.25, 0.3) is 11.0 Å². The Kier molecular flexibility index (Phi) is 2.80. The Balaban J connectivity index is 2.68. The SMILES string of the molecule is COc1ccc2c(C)noc2c1NS(=O)[O-]. The van der Waals surface area contributed by atoms with E-state index in [1.165, 1.54) is 7.11 Å². The van der Waals surface area contributed by atoms with Crippen molar-refractivity contribution in [1.29, 1.82) is 0 Å². The van der Waals surface area contributed by atoms with Crippen LogP contribution in [0.3, 0.4) is 0 Å². The zero-order valence-corrected chi connectivity index (χ0v) is 9.46. The molecule has 0 aliphatic heterocycles. The summed E-state index contributed by atoms with van der Waals surface area (Å²) in [5.41, 5.74) is 1.31. The van der Waals surface area contributed by atoms with Crippen LogP contribution < -0.4 is 9.46 Å². The summed E-state index contributed by atoms with van der Waals surface area (Å²) in [5, 5.41) is 4.51. The molecule has 0 spiro atoms. The first-order valence-electron chi connectivity index (χ1n) is 4.42. The van der Waals surface area contributed by atoms with Gasteiger partial charge in [-0.3, -0.25) is 4.21 Å². The summed E-state index contributed by atoms with van der Waals surface area (Å²) < 4.78 is 33.7. The second-order valence-electron chi connectivity index (χ2n) is 3.12. The smallest absolute Gasteiger partial charge is 0.194 e. The molecule has 0 radical (unpaired) electrons. The van der Waals surface area contributed by atoms with Crippen LogP contribution in [-0.4, -0.2) is 21.0 Å². The average Bonchev–Trinajstić information content (AvgIpc) is 2.61. The third-order valence-corrected chi connectivity index (χ3v) is 2.56. The molecule has 1 aromatic heterocycles. The van der Waals surface area contributed by atoms with E-state index in [1.807, 2.05) is 0 Å². The Morgan fingerprint density at radius 2 is 2.31 bits per heavy atom. The fraction of sp³-hybridized carbons (Fsp3) is 0.222. The average molecular weight is 241 g/mol. The number of aryl methyl sites for hydroxylation is 1. The molecule has 0 amide bonds. The molecule has 0 bridgehead atoms. The molecular weight excluding hydrogens is 232 g/mol. The minimum atomic E-state index is -2.44. The molecule has 1 heterocycles. The second kappa shape index (κ2) is 4.11. The van der Waals surface area contributed by atoms with Gasteiger partial charge < -0.3 is 18.5 Å². The molecule has 1 unspecified atom stereocenters. The number of ether oxygens (including phenoxy) is 1. The van der Waals surface area contributed by atoms with Gasteiger partial charge in [-0.05, 0) is 19.1 Å². The van der Waals surface area contributed by atoms with E-state index in [0.29, 0.717) is 17.0 Å². The van der Waals surface area contributed by atoms with Crippen molar-refractivity contribution in [3.63, 3.8) is 0 Å². The zero-order chi connectivity index (χ0) is 11.7. The van der Waals surface area contributed by atoms with E-state index >= 15 is 0 Å². The largest absolute Gasteiger partial charge is 0.755 e. The Hall–Kier alpha value is -1.60. The Morgan fingerprint density at radius 3 is 2.94 bits per heavy atom. The van der Waals surface area contributed by atoms with Crippen LogP contribution in [0.2, 0.25) is 0 Å². The molecule has 0 aliphatic carbocycles. The maximum atomic E-state index is 10.7. The van der Waals surface area contributed by atoms with Gasteiger partial charge in [-0.1, -0.05) is 5.16 Å². The molecular formula is C9H9N2O4S-. The summed E-state index contributed by atoms with van der Waals surface area (Å²) in [4.78, 5) is 0. The zero-order valence-electron chi connectivity index (χ0n) is 8.64. The summed E-state index contributed by atoms with van der Waals surface area (Å²) in [5.74, 6) is 0.382. The van der Waals surface area contributed by atoms with Gasteiger partial charge in [0.15, 0.2) is 5.58 Å². The van der Waals surface area contributed by atoms with E-state index in [9.17, 15) is 8.76 Å². The van der Waals surface area contributed by atoms with E-state index in [1.54, 1.807) is 19.1 Å². The third-order valence-electron chi connectivity index (χ3n) is 2.19. The van der Waals surface area contributed by atoms with Crippen LogP contribution in [0.4, 0.5) is 5.69 Å². The third kappa shape index (κ3) is 1.74. The number of nitrogens with zero attached hydrogens (tertiary/aromatic N) is 1. The molecule has 86 valence electrons. The van der Waals surface area contributed by atoms with Crippen LogP contribution in [-0.2, 0) is 11.3 Å².